The Bertz CT molecular complexity index is 368. The Morgan fingerprint density at radius 2 is 1.67 bits per heavy atom. The van der Waals surface area contributed by atoms with Gasteiger partial charge >= 0.3 is 6.18 Å². The number of aryl methyl sites for hydroxylation is 1. The van der Waals surface area contributed by atoms with Crippen molar-refractivity contribution in [3.63, 3.8) is 0 Å². The first kappa shape index (κ1) is 11.8. The number of hydrogen-bond donors (Lipinski definition) is 0. The van der Waals surface area contributed by atoms with Crippen molar-refractivity contribution in [3.05, 3.63) is 29.1 Å². The third-order valence-electron chi connectivity index (χ3n) is 2.07. The van der Waals surface area contributed by atoms with E-state index in [-0.39, 0.29) is 0 Å². The normalized spacial score (nSPS) is 11.7. The molecule has 0 aliphatic rings. The molecule has 15 heavy (non-hydrogen) atoms. The molecule has 5 heteroatoms. The van der Waals surface area contributed by atoms with E-state index in [1.54, 1.807) is 19.0 Å². The van der Waals surface area contributed by atoms with Crippen LogP contribution in [-0.2, 0) is 6.18 Å². The lowest BCUT2D eigenvalue weighted by atomic mass is 10.1. The molecule has 0 amide bonds. The van der Waals surface area contributed by atoms with Crippen molar-refractivity contribution in [2.24, 2.45) is 0 Å². The predicted molar refractivity (Wildman–Crippen MR) is 50.5 cm³/mol. The molecule has 0 saturated heterocycles. The summed E-state index contributed by atoms with van der Waals surface area (Å²) in [5.74, 6) is -1.24. The molecular weight excluding hydrogens is 210 g/mol. The minimum absolute atomic E-state index is 0.397. The predicted octanol–water partition coefficient (Wildman–Crippen LogP) is 3.22. The number of anilines is 1. The SMILES string of the molecule is Cc1cc(C(F)(F)F)c(F)cc1N(C)C. The fourth-order valence-electron chi connectivity index (χ4n) is 1.37. The van der Waals surface area contributed by atoms with Crippen LogP contribution in [0.3, 0.4) is 0 Å². The number of benzene rings is 1. The Labute approximate surface area is 85.3 Å². The Kier molecular flexibility index (Phi) is 2.93. The van der Waals surface area contributed by atoms with Crippen LogP contribution in [0.5, 0.6) is 0 Å². The van der Waals surface area contributed by atoms with Gasteiger partial charge < -0.3 is 4.90 Å². The summed E-state index contributed by atoms with van der Waals surface area (Å²) in [6, 6.07) is 1.73. The zero-order valence-corrected chi connectivity index (χ0v) is 8.61. The highest BCUT2D eigenvalue weighted by Gasteiger charge is 2.34. The molecule has 0 spiro atoms. The summed E-state index contributed by atoms with van der Waals surface area (Å²) in [6.45, 7) is 1.52. The minimum Gasteiger partial charge on any atom is -0.377 e. The highest BCUT2D eigenvalue weighted by molar-refractivity contribution is 5.54. The second kappa shape index (κ2) is 3.72. The zero-order valence-electron chi connectivity index (χ0n) is 8.61. The maximum atomic E-state index is 13.1. The monoisotopic (exact) mass is 221 g/mol. The topological polar surface area (TPSA) is 3.24 Å². The Morgan fingerprint density at radius 1 is 1.13 bits per heavy atom. The van der Waals surface area contributed by atoms with Crippen LogP contribution < -0.4 is 4.90 Å². The van der Waals surface area contributed by atoms with Gasteiger partial charge in [-0.3, -0.25) is 0 Å². The van der Waals surface area contributed by atoms with E-state index in [1.165, 1.54) is 6.92 Å². The maximum Gasteiger partial charge on any atom is 0.419 e. The van der Waals surface area contributed by atoms with E-state index in [4.69, 9.17) is 0 Å². The molecule has 0 atom stereocenters. The number of alkyl halides is 3. The summed E-state index contributed by atoms with van der Waals surface area (Å²) in [5, 5.41) is 0. The first-order valence-corrected chi connectivity index (χ1v) is 4.28. The third kappa shape index (κ3) is 2.40. The van der Waals surface area contributed by atoms with Crippen LogP contribution in [0.1, 0.15) is 11.1 Å². The molecule has 0 N–H and O–H groups in total. The Morgan fingerprint density at radius 3 is 2.07 bits per heavy atom. The van der Waals surface area contributed by atoms with E-state index >= 15 is 0 Å². The summed E-state index contributed by atoms with van der Waals surface area (Å²) in [4.78, 5) is 1.57. The van der Waals surface area contributed by atoms with Crippen molar-refractivity contribution in [2.75, 3.05) is 19.0 Å². The van der Waals surface area contributed by atoms with E-state index in [2.05, 4.69) is 0 Å². The lowest BCUT2D eigenvalue weighted by molar-refractivity contribution is -0.140. The summed E-state index contributed by atoms with van der Waals surface area (Å²) < 4.78 is 50.1. The molecule has 84 valence electrons. The molecule has 1 aromatic rings. The van der Waals surface area contributed by atoms with Crippen LogP contribution >= 0.6 is 0 Å². The summed E-state index contributed by atoms with van der Waals surface area (Å²) >= 11 is 0. The fourth-order valence-corrected chi connectivity index (χ4v) is 1.37. The van der Waals surface area contributed by atoms with Crippen molar-refractivity contribution in [1.29, 1.82) is 0 Å². The van der Waals surface area contributed by atoms with E-state index in [0.29, 0.717) is 11.3 Å². The van der Waals surface area contributed by atoms with Gasteiger partial charge in [0.2, 0.25) is 0 Å². The van der Waals surface area contributed by atoms with Crippen molar-refractivity contribution in [3.8, 4) is 0 Å². The van der Waals surface area contributed by atoms with Gasteiger partial charge in [0.1, 0.15) is 5.82 Å². The van der Waals surface area contributed by atoms with Crippen molar-refractivity contribution in [1.82, 2.24) is 0 Å². The first-order valence-electron chi connectivity index (χ1n) is 4.28. The minimum atomic E-state index is -4.64. The van der Waals surface area contributed by atoms with Gasteiger partial charge in [0.05, 0.1) is 5.56 Å². The van der Waals surface area contributed by atoms with Crippen LogP contribution in [0.15, 0.2) is 12.1 Å². The second-order valence-corrected chi connectivity index (χ2v) is 3.51. The molecule has 1 aromatic carbocycles. The molecule has 0 aliphatic carbocycles. The Hall–Kier alpha value is -1.26. The first-order chi connectivity index (χ1) is 6.73. The molecule has 0 radical (unpaired) electrons. The lowest BCUT2D eigenvalue weighted by Crippen LogP contribution is -2.14. The van der Waals surface area contributed by atoms with Crippen molar-refractivity contribution in [2.45, 2.75) is 13.1 Å². The summed E-state index contributed by atoms with van der Waals surface area (Å²) in [5.41, 5.74) is -0.375. The lowest BCUT2D eigenvalue weighted by Gasteiger charge is -2.18. The molecule has 0 aliphatic heterocycles. The van der Waals surface area contributed by atoms with E-state index in [1.807, 2.05) is 0 Å². The van der Waals surface area contributed by atoms with Gasteiger partial charge in [0.25, 0.3) is 0 Å². The van der Waals surface area contributed by atoms with Crippen LogP contribution in [-0.4, -0.2) is 14.1 Å². The number of rotatable bonds is 1. The highest BCUT2D eigenvalue weighted by Crippen LogP contribution is 2.34. The van der Waals surface area contributed by atoms with Crippen LogP contribution in [0.25, 0.3) is 0 Å². The molecule has 0 saturated carbocycles. The number of hydrogen-bond acceptors (Lipinski definition) is 1. The molecule has 0 aromatic heterocycles. The molecule has 0 unspecified atom stereocenters. The largest absolute Gasteiger partial charge is 0.419 e. The molecule has 1 rings (SSSR count). The number of halogens is 4. The van der Waals surface area contributed by atoms with E-state index in [9.17, 15) is 17.6 Å². The highest BCUT2D eigenvalue weighted by atomic mass is 19.4. The van der Waals surface area contributed by atoms with Gasteiger partial charge in [-0.25, -0.2) is 4.39 Å². The average molecular weight is 221 g/mol. The third-order valence-corrected chi connectivity index (χ3v) is 2.07. The van der Waals surface area contributed by atoms with Gasteiger partial charge in [-0.15, -0.1) is 0 Å². The van der Waals surface area contributed by atoms with Gasteiger partial charge in [0.15, 0.2) is 0 Å². The van der Waals surface area contributed by atoms with Gasteiger partial charge in [-0.05, 0) is 24.6 Å². The summed E-state index contributed by atoms with van der Waals surface area (Å²) in [7, 11) is 3.30. The molecule has 0 bridgehead atoms. The average Bonchev–Trinajstić information content (AvgIpc) is 2.06. The van der Waals surface area contributed by atoms with Gasteiger partial charge in [-0.2, -0.15) is 13.2 Å². The van der Waals surface area contributed by atoms with Crippen LogP contribution in [0.2, 0.25) is 0 Å². The van der Waals surface area contributed by atoms with Crippen LogP contribution in [0, 0.1) is 12.7 Å². The smallest absolute Gasteiger partial charge is 0.377 e. The quantitative estimate of drug-likeness (QED) is 0.658. The van der Waals surface area contributed by atoms with Gasteiger partial charge in [0, 0.05) is 19.8 Å². The van der Waals surface area contributed by atoms with E-state index < -0.39 is 17.6 Å². The zero-order chi connectivity index (χ0) is 11.8. The van der Waals surface area contributed by atoms with Crippen LogP contribution in [0.4, 0.5) is 23.2 Å². The van der Waals surface area contributed by atoms with Crippen molar-refractivity contribution >= 4 is 5.69 Å². The van der Waals surface area contributed by atoms with Crippen molar-refractivity contribution < 1.29 is 17.6 Å². The molecule has 1 nitrogen and oxygen atoms in total. The Balaban J connectivity index is 3.32. The standard InChI is InChI=1S/C10H11F4N/c1-6-4-7(10(12,13)14)8(11)5-9(6)15(2)3/h4-5H,1-3H3. The maximum absolute atomic E-state index is 13.1. The van der Waals surface area contributed by atoms with E-state index in [0.717, 1.165) is 12.1 Å². The van der Waals surface area contributed by atoms with Gasteiger partial charge in [-0.1, -0.05) is 0 Å². The molecular formula is C10H11F4N. The number of nitrogens with zero attached hydrogens (tertiary/aromatic N) is 1. The summed E-state index contributed by atoms with van der Waals surface area (Å²) in [6.07, 6.45) is -4.64. The second-order valence-electron chi connectivity index (χ2n) is 3.51. The fraction of sp³-hybridized carbons (Fsp3) is 0.400. The molecule has 0 heterocycles. The molecule has 0 fully saturated rings.